The first kappa shape index (κ1) is 22.7. The molecule has 5 aromatic rings. The van der Waals surface area contributed by atoms with Crippen molar-refractivity contribution in [3.8, 4) is 28.1 Å². The van der Waals surface area contributed by atoms with Crippen LogP contribution < -0.4 is 4.74 Å². The molecule has 0 unspecified atom stereocenters. The lowest BCUT2D eigenvalue weighted by Crippen LogP contribution is -2.11. The standard InChI is InChI=1S/C25H15F6N3O/c1-35-17-6-4-5-13(11-17)21-20(22-23(34-21)33-19-8-3-2-7-18(19)32-22)14-9-15(24(26,27)28)12-16(10-14)25(29,30)31/h2-12H,1H3,(H,33,34). The number of rotatable bonds is 3. The highest BCUT2D eigenvalue weighted by molar-refractivity contribution is 6.02. The van der Waals surface area contributed by atoms with Gasteiger partial charge in [0, 0.05) is 11.1 Å². The summed E-state index contributed by atoms with van der Waals surface area (Å²) in [7, 11) is 1.45. The van der Waals surface area contributed by atoms with Crippen LogP contribution >= 0.6 is 0 Å². The van der Waals surface area contributed by atoms with Gasteiger partial charge in [0.05, 0.1) is 35.0 Å². The summed E-state index contributed by atoms with van der Waals surface area (Å²) >= 11 is 0. The van der Waals surface area contributed by atoms with E-state index in [1.807, 2.05) is 0 Å². The lowest BCUT2D eigenvalue weighted by molar-refractivity contribution is -0.143. The summed E-state index contributed by atoms with van der Waals surface area (Å²) in [4.78, 5) is 12.1. The molecule has 35 heavy (non-hydrogen) atoms. The fourth-order valence-corrected chi connectivity index (χ4v) is 3.94. The fraction of sp³-hybridized carbons (Fsp3) is 0.120. The zero-order valence-corrected chi connectivity index (χ0v) is 17.9. The van der Waals surface area contributed by atoms with Crippen LogP contribution in [-0.4, -0.2) is 22.1 Å². The molecule has 5 rings (SSSR count). The van der Waals surface area contributed by atoms with Gasteiger partial charge < -0.3 is 9.72 Å². The van der Waals surface area contributed by atoms with Crippen LogP contribution in [0.3, 0.4) is 0 Å². The number of fused-ring (bicyclic) bond motifs is 2. The number of halogens is 6. The van der Waals surface area contributed by atoms with Crippen molar-refractivity contribution < 1.29 is 31.1 Å². The molecule has 0 bridgehead atoms. The Labute approximate surface area is 194 Å². The normalized spacial score (nSPS) is 12.4. The number of benzene rings is 3. The molecular weight excluding hydrogens is 472 g/mol. The molecule has 0 atom stereocenters. The molecule has 3 aromatic carbocycles. The number of hydrogen-bond donors (Lipinski definition) is 1. The van der Waals surface area contributed by atoms with Crippen LogP contribution in [0.25, 0.3) is 44.6 Å². The number of nitrogens with zero attached hydrogens (tertiary/aromatic N) is 2. The first-order valence-corrected chi connectivity index (χ1v) is 10.3. The first-order valence-electron chi connectivity index (χ1n) is 10.3. The molecule has 4 nitrogen and oxygen atoms in total. The minimum Gasteiger partial charge on any atom is -0.497 e. The summed E-state index contributed by atoms with van der Waals surface area (Å²) in [6.07, 6.45) is -9.98. The molecule has 0 amide bonds. The van der Waals surface area contributed by atoms with E-state index in [2.05, 4.69) is 15.0 Å². The van der Waals surface area contributed by atoms with Crippen molar-refractivity contribution in [2.45, 2.75) is 12.4 Å². The molecule has 178 valence electrons. The molecule has 0 aliphatic carbocycles. The Morgan fingerprint density at radius 2 is 1.34 bits per heavy atom. The number of alkyl halides is 6. The van der Waals surface area contributed by atoms with Gasteiger partial charge in [-0.05, 0) is 48.0 Å². The van der Waals surface area contributed by atoms with Crippen molar-refractivity contribution in [1.29, 1.82) is 0 Å². The number of ether oxygens (including phenoxy) is 1. The smallest absolute Gasteiger partial charge is 0.416 e. The number of aromatic amines is 1. The molecule has 0 aliphatic heterocycles. The molecule has 0 aliphatic rings. The zero-order chi connectivity index (χ0) is 25.0. The van der Waals surface area contributed by atoms with E-state index >= 15 is 0 Å². The van der Waals surface area contributed by atoms with Gasteiger partial charge in [0.1, 0.15) is 11.3 Å². The number of para-hydroxylation sites is 2. The Hall–Kier alpha value is -4.08. The Bertz CT molecular complexity index is 1540. The maximum absolute atomic E-state index is 13.6. The predicted octanol–water partition coefficient (Wildman–Crippen LogP) is 7.49. The Kier molecular flexibility index (Phi) is 5.19. The largest absolute Gasteiger partial charge is 0.497 e. The minimum absolute atomic E-state index is 0.0723. The van der Waals surface area contributed by atoms with Crippen molar-refractivity contribution in [2.24, 2.45) is 0 Å². The van der Waals surface area contributed by atoms with Crippen LogP contribution in [0.4, 0.5) is 26.3 Å². The topological polar surface area (TPSA) is 50.8 Å². The third kappa shape index (κ3) is 4.16. The zero-order valence-electron chi connectivity index (χ0n) is 17.9. The highest BCUT2D eigenvalue weighted by Crippen LogP contribution is 2.43. The van der Waals surface area contributed by atoms with E-state index in [0.29, 0.717) is 34.5 Å². The number of hydrogen-bond acceptors (Lipinski definition) is 3. The molecule has 0 fully saturated rings. The summed E-state index contributed by atoms with van der Waals surface area (Å²) in [5.74, 6) is 0.457. The van der Waals surface area contributed by atoms with Crippen molar-refractivity contribution in [3.05, 3.63) is 77.9 Å². The Morgan fingerprint density at radius 3 is 1.94 bits per heavy atom. The monoisotopic (exact) mass is 487 g/mol. The van der Waals surface area contributed by atoms with Gasteiger partial charge in [-0.15, -0.1) is 0 Å². The molecule has 0 saturated heterocycles. The van der Waals surface area contributed by atoms with E-state index in [-0.39, 0.29) is 34.1 Å². The van der Waals surface area contributed by atoms with Crippen LogP contribution in [0, 0.1) is 0 Å². The van der Waals surface area contributed by atoms with Crippen molar-refractivity contribution in [1.82, 2.24) is 15.0 Å². The molecule has 2 aromatic heterocycles. The van der Waals surface area contributed by atoms with Gasteiger partial charge in [-0.1, -0.05) is 24.3 Å². The summed E-state index contributed by atoms with van der Waals surface area (Å²) < 4.78 is 86.9. The predicted molar refractivity (Wildman–Crippen MR) is 119 cm³/mol. The third-order valence-electron chi connectivity index (χ3n) is 5.54. The number of aromatic nitrogens is 3. The average molecular weight is 487 g/mol. The Morgan fingerprint density at radius 1 is 0.714 bits per heavy atom. The summed E-state index contributed by atoms with van der Waals surface area (Å²) in [6, 6.07) is 14.9. The van der Waals surface area contributed by atoms with E-state index in [4.69, 9.17) is 4.74 Å². The van der Waals surface area contributed by atoms with E-state index < -0.39 is 23.5 Å². The number of methoxy groups -OCH3 is 1. The molecular formula is C25H15F6N3O. The quantitative estimate of drug-likeness (QED) is 0.268. The van der Waals surface area contributed by atoms with E-state index in [1.54, 1.807) is 48.5 Å². The third-order valence-corrected chi connectivity index (χ3v) is 5.54. The van der Waals surface area contributed by atoms with Crippen molar-refractivity contribution in [3.63, 3.8) is 0 Å². The van der Waals surface area contributed by atoms with Gasteiger partial charge in [-0.2, -0.15) is 26.3 Å². The van der Waals surface area contributed by atoms with E-state index in [9.17, 15) is 26.3 Å². The second kappa shape index (κ2) is 8.00. The maximum Gasteiger partial charge on any atom is 0.416 e. The first-order chi connectivity index (χ1) is 16.5. The van der Waals surface area contributed by atoms with Gasteiger partial charge in [0.2, 0.25) is 0 Å². The number of nitrogens with one attached hydrogen (secondary N) is 1. The highest BCUT2D eigenvalue weighted by atomic mass is 19.4. The van der Waals surface area contributed by atoms with Gasteiger partial charge in [0.15, 0.2) is 5.65 Å². The SMILES string of the molecule is COc1cccc(-c2[nH]c3nc4ccccc4nc3c2-c2cc(C(F)(F)F)cc(C(F)(F)F)c2)c1. The summed E-state index contributed by atoms with van der Waals surface area (Å²) in [5, 5.41) is 0. The highest BCUT2D eigenvalue weighted by Gasteiger charge is 2.37. The average Bonchev–Trinajstić information content (AvgIpc) is 3.19. The summed E-state index contributed by atoms with van der Waals surface area (Å²) in [6.45, 7) is 0. The van der Waals surface area contributed by atoms with Crippen molar-refractivity contribution in [2.75, 3.05) is 7.11 Å². The summed E-state index contributed by atoms with van der Waals surface area (Å²) in [5.41, 5.74) is -0.967. The molecule has 0 radical (unpaired) electrons. The fourth-order valence-electron chi connectivity index (χ4n) is 3.94. The van der Waals surface area contributed by atoms with Crippen LogP contribution in [0.2, 0.25) is 0 Å². The van der Waals surface area contributed by atoms with Gasteiger partial charge >= 0.3 is 12.4 Å². The second-order valence-electron chi connectivity index (χ2n) is 7.81. The van der Waals surface area contributed by atoms with Gasteiger partial charge in [0.25, 0.3) is 0 Å². The van der Waals surface area contributed by atoms with Gasteiger partial charge in [-0.25, -0.2) is 9.97 Å². The maximum atomic E-state index is 13.6. The molecule has 0 spiro atoms. The van der Waals surface area contributed by atoms with Crippen LogP contribution in [0.1, 0.15) is 11.1 Å². The molecule has 0 saturated carbocycles. The Balaban J connectivity index is 1.89. The van der Waals surface area contributed by atoms with Crippen LogP contribution in [0.5, 0.6) is 5.75 Å². The van der Waals surface area contributed by atoms with E-state index in [0.717, 1.165) is 0 Å². The number of H-pyrrole nitrogens is 1. The van der Waals surface area contributed by atoms with Gasteiger partial charge in [-0.3, -0.25) is 0 Å². The lowest BCUT2D eigenvalue weighted by atomic mass is 9.96. The van der Waals surface area contributed by atoms with Crippen LogP contribution in [-0.2, 0) is 12.4 Å². The molecule has 10 heteroatoms. The van der Waals surface area contributed by atoms with E-state index in [1.165, 1.54) is 7.11 Å². The second-order valence-corrected chi connectivity index (χ2v) is 7.81. The molecule has 2 heterocycles. The van der Waals surface area contributed by atoms with Crippen LogP contribution in [0.15, 0.2) is 66.7 Å². The lowest BCUT2D eigenvalue weighted by Gasteiger charge is -2.15. The van der Waals surface area contributed by atoms with Crippen molar-refractivity contribution >= 4 is 22.2 Å². The molecule has 1 N–H and O–H groups in total. The minimum atomic E-state index is -4.99.